The van der Waals surface area contributed by atoms with Crippen molar-refractivity contribution in [1.82, 2.24) is 9.80 Å². The molecule has 2 aliphatic heterocycles. The average Bonchev–Trinajstić information content (AvgIpc) is 2.99. The number of carbonyl (C=O) groups is 3. The molecule has 1 N–H and O–H groups in total. The van der Waals surface area contributed by atoms with Gasteiger partial charge in [0.2, 0.25) is 11.8 Å². The highest BCUT2D eigenvalue weighted by Crippen LogP contribution is 2.30. The van der Waals surface area contributed by atoms with E-state index in [9.17, 15) is 35.9 Å². The number of anilines is 1. The Morgan fingerprint density at radius 3 is 2.00 bits per heavy atom. The Balaban J connectivity index is 0.000000738. The first-order chi connectivity index (χ1) is 21.5. The van der Waals surface area contributed by atoms with Crippen LogP contribution in [0.25, 0.3) is 0 Å². The van der Waals surface area contributed by atoms with Gasteiger partial charge in [-0.1, -0.05) is 29.8 Å². The third kappa shape index (κ3) is 11.5. The second-order valence-corrected chi connectivity index (χ2v) is 12.0. The summed E-state index contributed by atoms with van der Waals surface area (Å²) >= 11 is 6.25. The van der Waals surface area contributed by atoms with Crippen molar-refractivity contribution in [2.45, 2.75) is 57.8 Å². The van der Waals surface area contributed by atoms with Crippen molar-refractivity contribution in [2.24, 2.45) is 11.8 Å². The fraction of sp³-hybridized carbons (Fsp3) is 0.531. The number of amides is 2. The number of benzene rings is 2. The topological polar surface area (TPSA) is 81.2 Å². The number of rotatable bonds is 8. The molecule has 0 aliphatic carbocycles. The van der Waals surface area contributed by atoms with Gasteiger partial charge in [0.25, 0.3) is 0 Å². The van der Waals surface area contributed by atoms with Crippen LogP contribution in [0, 0.1) is 11.8 Å². The molecule has 46 heavy (non-hydrogen) atoms. The Morgan fingerprint density at radius 1 is 0.913 bits per heavy atom. The van der Waals surface area contributed by atoms with Crippen LogP contribution in [0.2, 0.25) is 5.02 Å². The molecule has 0 unspecified atom stereocenters. The highest BCUT2D eigenvalue weighted by Gasteiger charge is 2.38. The molecule has 2 aromatic carbocycles. The molecular weight excluding hydrogens is 640 g/mol. The highest BCUT2D eigenvalue weighted by atomic mass is 35.5. The first kappa shape index (κ1) is 37.1. The molecule has 4 rings (SSSR count). The number of carbonyl (C=O) groups excluding carboxylic acids is 2. The predicted molar refractivity (Wildman–Crippen MR) is 161 cm³/mol. The van der Waals surface area contributed by atoms with E-state index in [1.807, 2.05) is 23.1 Å². The van der Waals surface area contributed by atoms with Gasteiger partial charge in [0.1, 0.15) is 0 Å². The summed E-state index contributed by atoms with van der Waals surface area (Å²) in [7, 11) is 0. The van der Waals surface area contributed by atoms with E-state index in [1.54, 1.807) is 30.0 Å². The number of piperidine rings is 2. The minimum Gasteiger partial charge on any atom is -0.475 e. The Hall–Kier alpha value is -3.32. The van der Waals surface area contributed by atoms with Gasteiger partial charge in [-0.25, -0.2) is 4.79 Å². The van der Waals surface area contributed by atoms with E-state index < -0.39 is 23.9 Å². The van der Waals surface area contributed by atoms with Gasteiger partial charge >= 0.3 is 18.3 Å². The van der Waals surface area contributed by atoms with Gasteiger partial charge in [0.15, 0.2) is 0 Å². The number of hydrogen-bond acceptors (Lipinski definition) is 4. The Kier molecular flexibility index (Phi) is 13.3. The van der Waals surface area contributed by atoms with Crippen molar-refractivity contribution in [1.29, 1.82) is 0 Å². The number of halogens is 7. The second kappa shape index (κ2) is 16.5. The van der Waals surface area contributed by atoms with Crippen LogP contribution in [0.4, 0.5) is 32.0 Å². The molecule has 0 radical (unpaired) electrons. The maximum atomic E-state index is 13.6. The molecule has 0 aromatic heterocycles. The van der Waals surface area contributed by atoms with Crippen molar-refractivity contribution in [2.75, 3.05) is 44.2 Å². The van der Waals surface area contributed by atoms with Gasteiger partial charge in [-0.05, 0) is 100.0 Å². The fourth-order valence-corrected chi connectivity index (χ4v) is 5.89. The molecule has 0 saturated carbocycles. The molecule has 0 spiro atoms. The van der Waals surface area contributed by atoms with Crippen molar-refractivity contribution < 1.29 is 45.8 Å². The lowest BCUT2D eigenvalue weighted by atomic mass is 9.90. The smallest absolute Gasteiger partial charge is 0.475 e. The molecule has 2 saturated heterocycles. The zero-order chi connectivity index (χ0) is 34.1. The zero-order valence-electron chi connectivity index (χ0n) is 25.4. The Labute approximate surface area is 269 Å². The highest BCUT2D eigenvalue weighted by molar-refractivity contribution is 6.30. The molecule has 0 atom stereocenters. The molecule has 2 amide bonds. The average molecular weight is 678 g/mol. The van der Waals surface area contributed by atoms with Gasteiger partial charge < -0.3 is 19.8 Å². The van der Waals surface area contributed by atoms with Crippen molar-refractivity contribution in [3.8, 4) is 0 Å². The lowest BCUT2D eigenvalue weighted by Crippen LogP contribution is -2.45. The summed E-state index contributed by atoms with van der Waals surface area (Å²) in [6.45, 7) is 6.14. The van der Waals surface area contributed by atoms with Crippen LogP contribution in [-0.2, 0) is 27.0 Å². The normalized spacial score (nSPS) is 16.8. The SMILES string of the molecule is CC(=O)N1CCC(C(=O)N(CCCN2CCC(Cc3ccc(C(F)(F)F)cc3)CC2)c2cccc(Cl)c2)CC1.O=C(O)C(F)(F)F. The maximum absolute atomic E-state index is 13.6. The predicted octanol–water partition coefficient (Wildman–Crippen LogP) is 6.93. The summed E-state index contributed by atoms with van der Waals surface area (Å²) in [6.07, 6.45) is -4.41. The largest absolute Gasteiger partial charge is 0.490 e. The molecule has 7 nitrogen and oxygen atoms in total. The van der Waals surface area contributed by atoms with Gasteiger partial charge in [-0.3, -0.25) is 9.59 Å². The molecule has 254 valence electrons. The van der Waals surface area contributed by atoms with Crippen molar-refractivity contribution in [3.05, 3.63) is 64.7 Å². The standard InChI is InChI=1S/C30H37ClF3N3O2.C2HF3O2/c1-22(38)36-18-12-25(13-19-36)29(39)37(28-5-2-4-27(31)21-28)15-3-14-35-16-10-24(11-17-35)20-23-6-8-26(9-7-23)30(32,33)34;3-2(4,5)1(6)7/h2,4-9,21,24-25H,3,10-20H2,1H3;(H,6,7). The number of aliphatic carboxylic acids is 1. The van der Waals surface area contributed by atoms with Gasteiger partial charge in [0, 0.05) is 43.2 Å². The number of alkyl halides is 6. The van der Waals surface area contributed by atoms with Crippen LogP contribution in [0.5, 0.6) is 0 Å². The third-order valence-corrected chi connectivity index (χ3v) is 8.52. The van der Waals surface area contributed by atoms with Crippen LogP contribution in [0.1, 0.15) is 50.2 Å². The first-order valence-electron chi connectivity index (χ1n) is 15.1. The molecule has 14 heteroatoms. The molecule has 0 bridgehead atoms. The van der Waals surface area contributed by atoms with Crippen LogP contribution in [0.3, 0.4) is 0 Å². The van der Waals surface area contributed by atoms with E-state index in [-0.39, 0.29) is 17.7 Å². The zero-order valence-corrected chi connectivity index (χ0v) is 26.2. The lowest BCUT2D eigenvalue weighted by Gasteiger charge is -2.35. The molecule has 2 heterocycles. The lowest BCUT2D eigenvalue weighted by molar-refractivity contribution is -0.192. The van der Waals surface area contributed by atoms with E-state index >= 15 is 0 Å². The van der Waals surface area contributed by atoms with E-state index in [1.165, 1.54) is 12.1 Å². The van der Waals surface area contributed by atoms with Crippen LogP contribution < -0.4 is 4.90 Å². The van der Waals surface area contributed by atoms with Crippen molar-refractivity contribution in [3.63, 3.8) is 0 Å². The third-order valence-electron chi connectivity index (χ3n) is 8.29. The van der Waals surface area contributed by atoms with E-state index in [0.717, 1.165) is 56.6 Å². The second-order valence-electron chi connectivity index (χ2n) is 11.6. The van der Waals surface area contributed by atoms with Crippen LogP contribution >= 0.6 is 11.6 Å². The summed E-state index contributed by atoms with van der Waals surface area (Å²) in [5.74, 6) is -2.26. The molecular formula is C32H38ClF6N3O4. The molecule has 2 aromatic rings. The number of carboxylic acids is 1. The molecule has 2 aliphatic rings. The van der Waals surface area contributed by atoms with E-state index in [4.69, 9.17) is 21.5 Å². The fourth-order valence-electron chi connectivity index (χ4n) is 5.70. The number of hydrogen-bond donors (Lipinski definition) is 1. The van der Waals surface area contributed by atoms with Gasteiger partial charge in [-0.2, -0.15) is 26.3 Å². The van der Waals surface area contributed by atoms with E-state index in [2.05, 4.69) is 4.90 Å². The number of nitrogens with zero attached hydrogens (tertiary/aromatic N) is 3. The van der Waals surface area contributed by atoms with Crippen LogP contribution in [-0.4, -0.2) is 78.1 Å². The first-order valence-corrected chi connectivity index (χ1v) is 15.4. The molecule has 2 fully saturated rings. The monoisotopic (exact) mass is 677 g/mol. The Morgan fingerprint density at radius 2 is 1.50 bits per heavy atom. The number of likely N-dealkylation sites (tertiary alicyclic amines) is 2. The summed E-state index contributed by atoms with van der Waals surface area (Å²) < 4.78 is 70.2. The van der Waals surface area contributed by atoms with E-state index in [0.29, 0.717) is 43.4 Å². The maximum Gasteiger partial charge on any atom is 0.490 e. The van der Waals surface area contributed by atoms with Gasteiger partial charge in [-0.15, -0.1) is 0 Å². The summed E-state index contributed by atoms with van der Waals surface area (Å²) in [5, 5.41) is 7.71. The number of carboxylic acid groups (broad SMARTS) is 1. The quantitative estimate of drug-likeness (QED) is 0.307. The van der Waals surface area contributed by atoms with Crippen molar-refractivity contribution >= 4 is 35.1 Å². The minimum atomic E-state index is -5.08. The Bertz CT molecular complexity index is 1310. The summed E-state index contributed by atoms with van der Waals surface area (Å²) in [4.78, 5) is 40.2. The van der Waals surface area contributed by atoms with Crippen LogP contribution in [0.15, 0.2) is 48.5 Å². The minimum absolute atomic E-state index is 0.0516. The summed E-state index contributed by atoms with van der Waals surface area (Å²) in [5.41, 5.74) is 1.15. The summed E-state index contributed by atoms with van der Waals surface area (Å²) in [6, 6.07) is 12.9. The van der Waals surface area contributed by atoms with Gasteiger partial charge in [0.05, 0.1) is 5.56 Å².